The molecule has 6 heteroatoms. The molecular weight excluding hydrogens is 267 g/mol. The Hall–Kier alpha value is -1.14. The third-order valence-electron chi connectivity index (χ3n) is 3.45. The average Bonchev–Trinajstić information content (AvgIpc) is 2.29. The van der Waals surface area contributed by atoms with Crippen LogP contribution in [0.2, 0.25) is 0 Å². The van der Waals surface area contributed by atoms with E-state index in [1.54, 1.807) is 0 Å². The highest BCUT2D eigenvalue weighted by Gasteiger charge is 2.32. The zero-order chi connectivity index (χ0) is 15.0. The molecule has 0 aliphatic rings. The van der Waals surface area contributed by atoms with Crippen molar-refractivity contribution in [2.45, 2.75) is 38.6 Å². The normalized spacial score (nSPS) is 14.7. The van der Waals surface area contributed by atoms with E-state index < -0.39 is 15.8 Å². The van der Waals surface area contributed by atoms with Crippen LogP contribution in [0, 0.1) is 11.2 Å². The molecule has 0 amide bonds. The number of halogens is 1. The Morgan fingerprint density at radius 1 is 1.32 bits per heavy atom. The van der Waals surface area contributed by atoms with Crippen molar-refractivity contribution in [2.24, 2.45) is 5.41 Å². The summed E-state index contributed by atoms with van der Waals surface area (Å²) in [5.74, 6) is -0.724. The van der Waals surface area contributed by atoms with Crippen molar-refractivity contribution in [3.8, 4) is 0 Å². The summed E-state index contributed by atoms with van der Waals surface area (Å²) >= 11 is 0. The minimum atomic E-state index is -3.72. The highest BCUT2D eigenvalue weighted by atomic mass is 32.2. The van der Waals surface area contributed by atoms with Crippen molar-refractivity contribution in [3.63, 3.8) is 0 Å². The highest BCUT2D eigenvalue weighted by molar-refractivity contribution is 7.89. The molecule has 19 heavy (non-hydrogen) atoms. The number of anilines is 1. The van der Waals surface area contributed by atoms with Crippen LogP contribution in [0.15, 0.2) is 23.1 Å². The fourth-order valence-corrected chi connectivity index (χ4v) is 3.15. The number of benzene rings is 1. The van der Waals surface area contributed by atoms with Gasteiger partial charge in [0, 0.05) is 13.1 Å². The first-order chi connectivity index (χ1) is 8.48. The maximum absolute atomic E-state index is 13.4. The van der Waals surface area contributed by atoms with Crippen molar-refractivity contribution < 1.29 is 12.8 Å². The van der Waals surface area contributed by atoms with Gasteiger partial charge in [0.25, 0.3) is 0 Å². The molecule has 0 bridgehead atoms. The molecule has 4 nitrogen and oxygen atoms in total. The molecular formula is C13H21FN2O2S. The fourth-order valence-electron chi connectivity index (χ4n) is 1.59. The van der Waals surface area contributed by atoms with E-state index in [2.05, 4.69) is 0 Å². The van der Waals surface area contributed by atoms with Gasteiger partial charge in [0.05, 0.1) is 10.6 Å². The van der Waals surface area contributed by atoms with Gasteiger partial charge in [-0.2, -0.15) is 4.31 Å². The Kier molecular flexibility index (Phi) is 4.27. The summed E-state index contributed by atoms with van der Waals surface area (Å²) in [7, 11) is -2.22. The van der Waals surface area contributed by atoms with Gasteiger partial charge in [-0.1, -0.05) is 20.8 Å². The smallest absolute Gasteiger partial charge is 0.243 e. The molecule has 2 N–H and O–H groups in total. The first kappa shape index (κ1) is 15.9. The van der Waals surface area contributed by atoms with Crippen molar-refractivity contribution in [3.05, 3.63) is 24.0 Å². The van der Waals surface area contributed by atoms with E-state index in [4.69, 9.17) is 5.73 Å². The average molecular weight is 288 g/mol. The highest BCUT2D eigenvalue weighted by Crippen LogP contribution is 2.28. The van der Waals surface area contributed by atoms with E-state index in [-0.39, 0.29) is 22.0 Å². The molecule has 0 fully saturated rings. The zero-order valence-corrected chi connectivity index (χ0v) is 12.8. The minimum Gasteiger partial charge on any atom is -0.396 e. The van der Waals surface area contributed by atoms with Crippen LogP contribution < -0.4 is 5.73 Å². The van der Waals surface area contributed by atoms with Crippen LogP contribution in [-0.4, -0.2) is 25.8 Å². The van der Waals surface area contributed by atoms with E-state index >= 15 is 0 Å². The van der Waals surface area contributed by atoms with Crippen molar-refractivity contribution in [2.75, 3.05) is 12.8 Å². The van der Waals surface area contributed by atoms with Crippen molar-refractivity contribution in [1.82, 2.24) is 4.31 Å². The summed E-state index contributed by atoms with van der Waals surface area (Å²) in [5.41, 5.74) is 5.08. The first-order valence-corrected chi connectivity index (χ1v) is 7.45. The Bertz CT molecular complexity index is 564. The van der Waals surface area contributed by atoms with Gasteiger partial charge in [0.1, 0.15) is 5.82 Å². The number of hydrogen-bond donors (Lipinski definition) is 1. The molecule has 0 saturated heterocycles. The third-order valence-corrected chi connectivity index (χ3v) is 5.37. The van der Waals surface area contributed by atoms with Gasteiger partial charge in [0.15, 0.2) is 0 Å². The van der Waals surface area contributed by atoms with E-state index in [0.717, 1.165) is 6.07 Å². The summed E-state index contributed by atoms with van der Waals surface area (Å²) < 4.78 is 39.5. The fraction of sp³-hybridized carbons (Fsp3) is 0.538. The Morgan fingerprint density at radius 2 is 1.84 bits per heavy atom. The lowest BCUT2D eigenvalue weighted by molar-refractivity contribution is 0.216. The molecule has 1 aromatic carbocycles. The predicted molar refractivity (Wildman–Crippen MR) is 74.7 cm³/mol. The van der Waals surface area contributed by atoms with Gasteiger partial charge in [-0.15, -0.1) is 0 Å². The largest absolute Gasteiger partial charge is 0.396 e. The van der Waals surface area contributed by atoms with E-state index in [1.165, 1.54) is 23.5 Å². The second-order valence-electron chi connectivity index (χ2n) is 5.75. The summed E-state index contributed by atoms with van der Waals surface area (Å²) in [5, 5.41) is 0. The zero-order valence-electron chi connectivity index (χ0n) is 11.9. The number of rotatable bonds is 3. The molecule has 1 aromatic rings. The Balaban J connectivity index is 3.20. The van der Waals surface area contributed by atoms with Gasteiger partial charge < -0.3 is 5.73 Å². The van der Waals surface area contributed by atoms with E-state index in [0.29, 0.717) is 0 Å². The van der Waals surface area contributed by atoms with Gasteiger partial charge in [-0.3, -0.25) is 0 Å². The first-order valence-electron chi connectivity index (χ1n) is 6.01. The van der Waals surface area contributed by atoms with Crippen LogP contribution in [0.5, 0.6) is 0 Å². The SMILES string of the molecule is CC(N(C)S(=O)(=O)c1ccc(N)c(F)c1)C(C)(C)C. The summed E-state index contributed by atoms with van der Waals surface area (Å²) in [4.78, 5) is -0.0854. The molecule has 108 valence electrons. The number of nitrogen functional groups attached to an aromatic ring is 1. The lowest BCUT2D eigenvalue weighted by Gasteiger charge is -2.34. The number of nitrogens with zero attached hydrogens (tertiary/aromatic N) is 1. The molecule has 0 heterocycles. The number of hydrogen-bond acceptors (Lipinski definition) is 3. The third kappa shape index (κ3) is 3.25. The van der Waals surface area contributed by atoms with Gasteiger partial charge in [-0.25, -0.2) is 12.8 Å². The van der Waals surface area contributed by atoms with E-state index in [9.17, 15) is 12.8 Å². The van der Waals surface area contributed by atoms with Crippen molar-refractivity contribution >= 4 is 15.7 Å². The minimum absolute atomic E-state index is 0.0644. The molecule has 0 spiro atoms. The van der Waals surface area contributed by atoms with Crippen LogP contribution in [0.3, 0.4) is 0 Å². The van der Waals surface area contributed by atoms with Crippen LogP contribution in [0.4, 0.5) is 10.1 Å². The van der Waals surface area contributed by atoms with Crippen molar-refractivity contribution in [1.29, 1.82) is 0 Å². The summed E-state index contributed by atoms with van der Waals surface area (Å²) in [6.07, 6.45) is 0. The molecule has 0 aliphatic heterocycles. The van der Waals surface area contributed by atoms with Gasteiger partial charge >= 0.3 is 0 Å². The molecule has 0 aromatic heterocycles. The topological polar surface area (TPSA) is 63.4 Å². The molecule has 1 rings (SSSR count). The molecule has 0 aliphatic carbocycles. The van der Waals surface area contributed by atoms with Crippen LogP contribution in [0.1, 0.15) is 27.7 Å². The lowest BCUT2D eigenvalue weighted by atomic mass is 9.88. The Morgan fingerprint density at radius 3 is 2.26 bits per heavy atom. The second kappa shape index (κ2) is 5.09. The van der Waals surface area contributed by atoms with Gasteiger partial charge in [0.2, 0.25) is 10.0 Å². The molecule has 1 unspecified atom stereocenters. The maximum atomic E-state index is 13.4. The van der Waals surface area contributed by atoms with E-state index in [1.807, 2.05) is 27.7 Å². The quantitative estimate of drug-likeness (QED) is 0.869. The molecule has 1 atom stereocenters. The predicted octanol–water partition coefficient (Wildman–Crippen LogP) is 2.46. The number of sulfonamides is 1. The van der Waals surface area contributed by atoms with Gasteiger partial charge in [-0.05, 0) is 30.5 Å². The molecule has 0 saturated carbocycles. The lowest BCUT2D eigenvalue weighted by Crippen LogP contribution is -2.42. The second-order valence-corrected chi connectivity index (χ2v) is 7.74. The monoisotopic (exact) mass is 288 g/mol. The maximum Gasteiger partial charge on any atom is 0.243 e. The van der Waals surface area contributed by atoms with Crippen LogP contribution >= 0.6 is 0 Å². The standard InChI is InChI=1S/C13H21FN2O2S/c1-9(13(2,3)4)16(5)19(17,18)10-6-7-12(15)11(14)8-10/h6-9H,15H2,1-5H3. The van der Waals surface area contributed by atoms with Crippen LogP contribution in [0.25, 0.3) is 0 Å². The summed E-state index contributed by atoms with van der Waals surface area (Å²) in [6, 6.07) is 3.31. The number of nitrogens with two attached hydrogens (primary N) is 1. The van der Waals surface area contributed by atoms with Crippen LogP contribution in [-0.2, 0) is 10.0 Å². The molecule has 0 radical (unpaired) electrons. The summed E-state index contributed by atoms with van der Waals surface area (Å²) in [6.45, 7) is 7.68. The Labute approximate surface area is 114 Å².